The Hall–Kier alpha value is -2.61. The fraction of sp³-hybridized carbons (Fsp3) is 0.625. The van der Waals surface area contributed by atoms with Crippen molar-refractivity contribution in [2.45, 2.75) is 63.5 Å². The number of fused-ring (bicyclic) bond motifs is 1. The molecule has 0 aromatic carbocycles. The van der Waals surface area contributed by atoms with Gasteiger partial charge in [0, 0.05) is 31.1 Å². The average Bonchev–Trinajstić information content (AvgIpc) is 3.26. The summed E-state index contributed by atoms with van der Waals surface area (Å²) in [6.45, 7) is 5.61. The highest BCUT2D eigenvalue weighted by molar-refractivity contribution is 5.80. The molecular weight excluding hydrogens is 404 g/mol. The van der Waals surface area contributed by atoms with Gasteiger partial charge < -0.3 is 25.0 Å². The van der Waals surface area contributed by atoms with Crippen molar-refractivity contribution in [1.29, 1.82) is 0 Å². The summed E-state index contributed by atoms with van der Waals surface area (Å²) in [5.74, 6) is 2.62. The van der Waals surface area contributed by atoms with Gasteiger partial charge in [-0.15, -0.1) is 0 Å². The molecule has 0 spiro atoms. The Kier molecular flexibility index (Phi) is 5.05. The average molecular weight is 437 g/mol. The Balaban J connectivity index is 1.19. The molecule has 0 radical (unpaired) electrons. The third kappa shape index (κ3) is 3.45. The number of carbonyl (C=O) groups is 1. The maximum Gasteiger partial charge on any atom is 0.227 e. The molecule has 6 rings (SSSR count). The van der Waals surface area contributed by atoms with Gasteiger partial charge in [-0.3, -0.25) is 4.79 Å². The van der Waals surface area contributed by atoms with E-state index in [9.17, 15) is 4.79 Å². The van der Waals surface area contributed by atoms with Crippen LogP contribution < -0.4 is 15.5 Å². The first-order valence-electron chi connectivity index (χ1n) is 12.2. The van der Waals surface area contributed by atoms with Crippen molar-refractivity contribution in [2.75, 3.05) is 36.5 Å². The summed E-state index contributed by atoms with van der Waals surface area (Å²) in [7, 11) is 0. The van der Waals surface area contributed by atoms with Crippen LogP contribution in [0.5, 0.6) is 0 Å². The highest BCUT2D eigenvalue weighted by atomic mass is 16.5. The molecule has 1 saturated carbocycles. The maximum atomic E-state index is 13.2. The third-order valence-corrected chi connectivity index (χ3v) is 7.60. The fourth-order valence-electron chi connectivity index (χ4n) is 5.68. The van der Waals surface area contributed by atoms with Crippen LogP contribution in [0.15, 0.2) is 22.7 Å². The van der Waals surface area contributed by atoms with Crippen molar-refractivity contribution >= 4 is 17.4 Å². The zero-order valence-corrected chi connectivity index (χ0v) is 18.7. The zero-order valence-electron chi connectivity index (χ0n) is 18.7. The van der Waals surface area contributed by atoms with Gasteiger partial charge in [-0.2, -0.15) is 0 Å². The maximum absolute atomic E-state index is 13.2. The Morgan fingerprint density at radius 1 is 1.25 bits per heavy atom. The molecule has 2 aromatic rings. The molecule has 32 heavy (non-hydrogen) atoms. The number of nitrogens with one attached hydrogen (secondary N) is 2. The minimum absolute atomic E-state index is 0.00617. The van der Waals surface area contributed by atoms with E-state index in [1.54, 1.807) is 0 Å². The summed E-state index contributed by atoms with van der Waals surface area (Å²) in [6, 6.07) is 6.81. The number of anilines is 2. The van der Waals surface area contributed by atoms with Crippen LogP contribution in [0.3, 0.4) is 0 Å². The number of aromatic nitrogens is 2. The standard InChI is InChI=1S/C24H32N6O2/c1-2-15-12-21(32-28-15)17-13-20(17)30-14-26-23-19(30)8-7-18(27-23)22-16(6-5-9-25-22)24(31)29-10-3-4-11-29/h7-8,12,16-17,20,22,25H,2-6,9-11,13-14H2,1H3,(H,26,27). The lowest BCUT2D eigenvalue weighted by Crippen LogP contribution is -2.44. The second kappa shape index (κ2) is 8.06. The Morgan fingerprint density at radius 2 is 2.12 bits per heavy atom. The van der Waals surface area contributed by atoms with Gasteiger partial charge in [0.25, 0.3) is 0 Å². The summed E-state index contributed by atoms with van der Waals surface area (Å²) in [4.78, 5) is 22.6. The summed E-state index contributed by atoms with van der Waals surface area (Å²) in [6.07, 6.45) is 6.22. The Morgan fingerprint density at radius 3 is 2.94 bits per heavy atom. The number of aryl methyl sites for hydroxylation is 1. The molecule has 4 unspecified atom stereocenters. The molecular formula is C24H32N6O2. The van der Waals surface area contributed by atoms with Crippen LogP contribution in [-0.4, -0.2) is 53.3 Å². The van der Waals surface area contributed by atoms with E-state index in [0.29, 0.717) is 17.9 Å². The molecule has 8 nitrogen and oxygen atoms in total. The highest BCUT2D eigenvalue weighted by Gasteiger charge is 2.47. The van der Waals surface area contributed by atoms with Crippen molar-refractivity contribution in [1.82, 2.24) is 20.4 Å². The molecule has 1 aliphatic carbocycles. The minimum atomic E-state index is -0.0167. The van der Waals surface area contributed by atoms with Gasteiger partial charge in [0.15, 0.2) is 5.82 Å². The van der Waals surface area contributed by atoms with Gasteiger partial charge in [-0.25, -0.2) is 4.98 Å². The number of amides is 1. The highest BCUT2D eigenvalue weighted by Crippen LogP contribution is 2.49. The first-order valence-corrected chi connectivity index (χ1v) is 12.2. The second-order valence-electron chi connectivity index (χ2n) is 9.61. The molecule has 8 heteroatoms. The van der Waals surface area contributed by atoms with Gasteiger partial charge >= 0.3 is 0 Å². The molecule has 2 N–H and O–H groups in total. The Bertz CT molecular complexity index is 1000. The van der Waals surface area contributed by atoms with E-state index in [2.05, 4.69) is 50.7 Å². The number of likely N-dealkylation sites (tertiary alicyclic amines) is 1. The quantitative estimate of drug-likeness (QED) is 0.745. The van der Waals surface area contributed by atoms with E-state index < -0.39 is 0 Å². The first-order chi connectivity index (χ1) is 15.7. The summed E-state index contributed by atoms with van der Waals surface area (Å²) in [5.41, 5.74) is 3.15. The van der Waals surface area contributed by atoms with Crippen molar-refractivity contribution in [3.05, 3.63) is 35.3 Å². The molecule has 3 aliphatic heterocycles. The van der Waals surface area contributed by atoms with Crippen molar-refractivity contribution in [3.63, 3.8) is 0 Å². The van der Waals surface area contributed by atoms with Crippen LogP contribution in [0, 0.1) is 5.92 Å². The minimum Gasteiger partial charge on any atom is -0.361 e. The van der Waals surface area contributed by atoms with Crippen LogP contribution in [0.1, 0.15) is 68.1 Å². The third-order valence-electron chi connectivity index (χ3n) is 7.60. The van der Waals surface area contributed by atoms with E-state index in [1.807, 2.05) is 0 Å². The van der Waals surface area contributed by atoms with Crippen molar-refractivity contribution < 1.29 is 9.32 Å². The van der Waals surface area contributed by atoms with E-state index in [0.717, 1.165) is 93.5 Å². The number of rotatable bonds is 5. The molecule has 4 aliphatic rings. The Labute approximate surface area is 188 Å². The van der Waals surface area contributed by atoms with Gasteiger partial charge in [-0.05, 0) is 57.2 Å². The number of nitrogens with zero attached hydrogens (tertiary/aromatic N) is 4. The molecule has 1 amide bonds. The fourth-order valence-corrected chi connectivity index (χ4v) is 5.68. The van der Waals surface area contributed by atoms with Crippen LogP contribution >= 0.6 is 0 Å². The number of carbonyl (C=O) groups excluding carboxylic acids is 1. The molecule has 0 bridgehead atoms. The van der Waals surface area contributed by atoms with E-state index in [1.165, 1.54) is 0 Å². The van der Waals surface area contributed by atoms with Crippen LogP contribution in [0.25, 0.3) is 0 Å². The normalized spacial score (nSPS) is 29.2. The largest absolute Gasteiger partial charge is 0.361 e. The number of pyridine rings is 1. The lowest BCUT2D eigenvalue weighted by atomic mass is 9.87. The van der Waals surface area contributed by atoms with Gasteiger partial charge in [0.1, 0.15) is 5.76 Å². The van der Waals surface area contributed by atoms with Gasteiger partial charge in [0.05, 0.1) is 35.7 Å². The van der Waals surface area contributed by atoms with Gasteiger partial charge in [0.2, 0.25) is 5.91 Å². The molecule has 2 saturated heterocycles. The summed E-state index contributed by atoms with van der Waals surface area (Å²) in [5, 5.41) is 11.2. The molecule has 5 heterocycles. The van der Waals surface area contributed by atoms with E-state index in [-0.39, 0.29) is 12.0 Å². The molecule has 2 aromatic heterocycles. The van der Waals surface area contributed by atoms with Crippen LogP contribution in [0.4, 0.5) is 11.5 Å². The second-order valence-corrected chi connectivity index (χ2v) is 9.61. The number of hydrogen-bond acceptors (Lipinski definition) is 7. The predicted octanol–water partition coefficient (Wildman–Crippen LogP) is 3.04. The summed E-state index contributed by atoms with van der Waals surface area (Å²) < 4.78 is 5.58. The smallest absolute Gasteiger partial charge is 0.227 e. The van der Waals surface area contributed by atoms with Crippen LogP contribution in [0.2, 0.25) is 0 Å². The topological polar surface area (TPSA) is 86.5 Å². The number of piperidine rings is 1. The molecule has 4 atom stereocenters. The molecule has 3 fully saturated rings. The summed E-state index contributed by atoms with van der Waals surface area (Å²) >= 11 is 0. The lowest BCUT2D eigenvalue weighted by Gasteiger charge is -2.34. The first kappa shape index (κ1) is 20.0. The van der Waals surface area contributed by atoms with E-state index >= 15 is 0 Å². The van der Waals surface area contributed by atoms with Crippen LogP contribution in [-0.2, 0) is 11.2 Å². The lowest BCUT2D eigenvalue weighted by molar-refractivity contribution is -0.136. The monoisotopic (exact) mass is 436 g/mol. The molecule has 170 valence electrons. The van der Waals surface area contributed by atoms with Crippen molar-refractivity contribution in [2.24, 2.45) is 5.92 Å². The number of hydrogen-bond donors (Lipinski definition) is 2. The SMILES string of the molecule is CCc1cc(C2CC2N2CNc3nc(C4NCCCC4C(=O)N4CCCC4)ccc32)on1. The van der Waals surface area contributed by atoms with E-state index in [4.69, 9.17) is 9.51 Å². The zero-order chi connectivity index (χ0) is 21.7. The van der Waals surface area contributed by atoms with Crippen molar-refractivity contribution in [3.8, 4) is 0 Å². The predicted molar refractivity (Wildman–Crippen MR) is 122 cm³/mol. The van der Waals surface area contributed by atoms with Gasteiger partial charge in [-0.1, -0.05) is 12.1 Å².